The quantitative estimate of drug-likeness (QED) is 0.406. The molecule has 11 heteroatoms. The first-order valence-corrected chi connectivity index (χ1v) is 13.7. The van der Waals surface area contributed by atoms with Gasteiger partial charge in [0.1, 0.15) is 18.3 Å². The van der Waals surface area contributed by atoms with Crippen LogP contribution in [0.5, 0.6) is 5.75 Å². The van der Waals surface area contributed by atoms with E-state index < -0.39 is 28.5 Å². The van der Waals surface area contributed by atoms with Gasteiger partial charge < -0.3 is 15.0 Å². The molecule has 0 bridgehead atoms. The maximum Gasteiger partial charge on any atom is 0.244 e. The molecule has 1 N–H and O–H groups in total. The molecule has 0 saturated carbocycles. The molecule has 0 aromatic heterocycles. The number of carbonyl (C=O) groups excluding carboxylic acids is 2. The number of benzene rings is 2. The molecule has 0 unspecified atom stereocenters. The second-order valence-electron chi connectivity index (χ2n) is 8.01. The maximum atomic E-state index is 13.5. The second kappa shape index (κ2) is 13.0. The molecule has 2 rings (SSSR count). The Kier molecular flexibility index (Phi) is 10.7. The number of nitrogens with zero attached hydrogens (tertiary/aromatic N) is 2. The van der Waals surface area contributed by atoms with Gasteiger partial charge in [-0.3, -0.25) is 13.9 Å². The Hall–Kier alpha value is -2.49. The van der Waals surface area contributed by atoms with Gasteiger partial charge in [0.05, 0.1) is 19.1 Å². The van der Waals surface area contributed by atoms with Crippen LogP contribution in [0, 0.1) is 0 Å². The Morgan fingerprint density at radius 2 is 1.69 bits per heavy atom. The largest absolute Gasteiger partial charge is 0.497 e. The molecule has 192 valence electrons. The number of hydrogen-bond donors (Lipinski definition) is 1. The average molecular weight is 545 g/mol. The molecule has 0 heterocycles. The first kappa shape index (κ1) is 28.7. The Labute approximate surface area is 217 Å². The lowest BCUT2D eigenvalue weighted by molar-refractivity contribution is -0.139. The zero-order chi connectivity index (χ0) is 26.2. The summed E-state index contributed by atoms with van der Waals surface area (Å²) in [5.74, 6) is -0.397. The van der Waals surface area contributed by atoms with E-state index in [1.54, 1.807) is 49.4 Å². The Balaban J connectivity index is 2.40. The highest BCUT2D eigenvalue weighted by Gasteiger charge is 2.30. The fourth-order valence-electron chi connectivity index (χ4n) is 3.33. The van der Waals surface area contributed by atoms with E-state index in [0.29, 0.717) is 27.9 Å². The molecule has 2 amide bonds. The summed E-state index contributed by atoms with van der Waals surface area (Å²) in [4.78, 5) is 27.6. The fraction of sp³-hybridized carbons (Fsp3) is 0.417. The third-order valence-corrected chi connectivity index (χ3v) is 7.28. The lowest BCUT2D eigenvalue weighted by atomic mass is 10.1. The number of anilines is 1. The van der Waals surface area contributed by atoms with E-state index >= 15 is 0 Å². The van der Waals surface area contributed by atoms with Gasteiger partial charge in [0, 0.05) is 28.7 Å². The molecule has 2 aromatic rings. The van der Waals surface area contributed by atoms with Gasteiger partial charge in [-0.1, -0.05) is 42.6 Å². The number of carbonyl (C=O) groups is 2. The van der Waals surface area contributed by atoms with Crippen LogP contribution in [-0.4, -0.2) is 57.6 Å². The Morgan fingerprint density at radius 1 is 1.09 bits per heavy atom. The third kappa shape index (κ3) is 8.02. The van der Waals surface area contributed by atoms with Crippen molar-refractivity contribution >= 4 is 50.7 Å². The van der Waals surface area contributed by atoms with Crippen LogP contribution in [0.1, 0.15) is 32.3 Å². The minimum atomic E-state index is -3.83. The van der Waals surface area contributed by atoms with Crippen molar-refractivity contribution in [1.82, 2.24) is 10.2 Å². The molecular formula is C24H31Cl2N3O5S. The first-order chi connectivity index (χ1) is 16.5. The van der Waals surface area contributed by atoms with Crippen molar-refractivity contribution in [3.8, 4) is 5.75 Å². The minimum Gasteiger partial charge on any atom is -0.497 e. The van der Waals surface area contributed by atoms with Crippen LogP contribution in [0.4, 0.5) is 5.69 Å². The van der Waals surface area contributed by atoms with E-state index in [2.05, 4.69) is 5.32 Å². The average Bonchev–Trinajstić information content (AvgIpc) is 2.81. The van der Waals surface area contributed by atoms with Crippen molar-refractivity contribution in [3.63, 3.8) is 0 Å². The fourth-order valence-corrected chi connectivity index (χ4v) is 4.70. The predicted octanol–water partition coefficient (Wildman–Crippen LogP) is 4.10. The van der Waals surface area contributed by atoms with Gasteiger partial charge in [-0.15, -0.1) is 0 Å². The summed E-state index contributed by atoms with van der Waals surface area (Å²) in [6, 6.07) is 10.3. The van der Waals surface area contributed by atoms with Crippen LogP contribution >= 0.6 is 23.2 Å². The van der Waals surface area contributed by atoms with E-state index in [9.17, 15) is 18.0 Å². The van der Waals surface area contributed by atoms with Crippen molar-refractivity contribution in [3.05, 3.63) is 58.1 Å². The zero-order valence-corrected chi connectivity index (χ0v) is 22.6. The summed E-state index contributed by atoms with van der Waals surface area (Å²) in [6.07, 6.45) is 2.71. The summed E-state index contributed by atoms with van der Waals surface area (Å²) >= 11 is 12.7. The van der Waals surface area contributed by atoms with E-state index in [-0.39, 0.29) is 18.1 Å². The molecule has 35 heavy (non-hydrogen) atoms. The van der Waals surface area contributed by atoms with E-state index in [1.807, 2.05) is 6.92 Å². The molecule has 0 aliphatic heterocycles. The Bertz CT molecular complexity index is 1110. The van der Waals surface area contributed by atoms with Crippen LogP contribution in [-0.2, 0) is 26.2 Å². The summed E-state index contributed by atoms with van der Waals surface area (Å²) in [7, 11) is -2.33. The second-order valence-corrected chi connectivity index (χ2v) is 10.7. The lowest BCUT2D eigenvalue weighted by Gasteiger charge is -2.32. The van der Waals surface area contributed by atoms with Crippen molar-refractivity contribution in [2.45, 2.75) is 39.3 Å². The van der Waals surface area contributed by atoms with Crippen LogP contribution in [0.2, 0.25) is 10.0 Å². The van der Waals surface area contributed by atoms with Crippen molar-refractivity contribution in [2.24, 2.45) is 0 Å². The number of halogens is 2. The van der Waals surface area contributed by atoms with Gasteiger partial charge in [-0.25, -0.2) is 8.42 Å². The van der Waals surface area contributed by atoms with E-state index in [4.69, 9.17) is 27.9 Å². The highest BCUT2D eigenvalue weighted by atomic mass is 35.5. The van der Waals surface area contributed by atoms with Crippen LogP contribution in [0.3, 0.4) is 0 Å². The minimum absolute atomic E-state index is 0.0695. The smallest absolute Gasteiger partial charge is 0.244 e. The molecule has 0 aliphatic carbocycles. The highest BCUT2D eigenvalue weighted by molar-refractivity contribution is 7.92. The number of sulfonamides is 1. The van der Waals surface area contributed by atoms with Gasteiger partial charge in [0.15, 0.2) is 0 Å². The highest BCUT2D eigenvalue weighted by Crippen LogP contribution is 2.27. The van der Waals surface area contributed by atoms with Crippen molar-refractivity contribution in [1.29, 1.82) is 0 Å². The lowest BCUT2D eigenvalue weighted by Crippen LogP contribution is -2.51. The summed E-state index contributed by atoms with van der Waals surface area (Å²) in [5, 5.41) is 3.49. The molecule has 8 nitrogen and oxygen atoms in total. The van der Waals surface area contributed by atoms with Gasteiger partial charge in [0.25, 0.3) is 0 Å². The number of amides is 2. The number of hydrogen-bond acceptors (Lipinski definition) is 5. The monoisotopic (exact) mass is 543 g/mol. The Morgan fingerprint density at radius 3 is 2.20 bits per heavy atom. The zero-order valence-electron chi connectivity index (χ0n) is 20.3. The van der Waals surface area contributed by atoms with Gasteiger partial charge in [-0.05, 0) is 49.7 Å². The summed E-state index contributed by atoms with van der Waals surface area (Å²) < 4.78 is 31.3. The first-order valence-electron chi connectivity index (χ1n) is 11.1. The molecule has 0 radical (unpaired) electrons. The van der Waals surface area contributed by atoms with Crippen molar-refractivity contribution < 1.29 is 22.7 Å². The standard InChI is InChI=1S/C24H31Cl2N3O5S/c1-5-6-14-27-24(31)17(2)28(15-20-21(25)8-7-9-22(20)26)23(30)16-29(35(4,32)33)18-10-12-19(34-3)13-11-18/h7-13,17H,5-6,14-16H2,1-4H3,(H,27,31)/t17-/m1/s1. The van der Waals surface area contributed by atoms with Crippen molar-refractivity contribution in [2.75, 3.05) is 30.8 Å². The number of nitrogens with one attached hydrogen (secondary N) is 1. The number of ether oxygens (including phenoxy) is 1. The van der Waals surface area contributed by atoms with Crippen LogP contribution in [0.15, 0.2) is 42.5 Å². The number of rotatable bonds is 12. The SMILES string of the molecule is CCCCNC(=O)[C@@H](C)N(Cc1c(Cl)cccc1Cl)C(=O)CN(c1ccc(OC)cc1)S(C)(=O)=O. The molecule has 2 aromatic carbocycles. The molecule has 0 saturated heterocycles. The summed E-state index contributed by atoms with van der Waals surface area (Å²) in [5.41, 5.74) is 0.755. The van der Waals surface area contributed by atoms with E-state index in [1.165, 1.54) is 12.0 Å². The van der Waals surface area contributed by atoms with E-state index in [0.717, 1.165) is 23.4 Å². The van der Waals surface area contributed by atoms with Gasteiger partial charge in [-0.2, -0.15) is 0 Å². The number of methoxy groups -OCH3 is 1. The van der Waals surface area contributed by atoms with Crippen LogP contribution in [0.25, 0.3) is 0 Å². The molecular weight excluding hydrogens is 513 g/mol. The molecule has 0 fully saturated rings. The topological polar surface area (TPSA) is 96.0 Å². The molecule has 0 spiro atoms. The van der Waals surface area contributed by atoms with Gasteiger partial charge in [0.2, 0.25) is 21.8 Å². The van der Waals surface area contributed by atoms with Gasteiger partial charge >= 0.3 is 0 Å². The normalized spacial score (nSPS) is 12.1. The summed E-state index contributed by atoms with van der Waals surface area (Å²) in [6.45, 7) is 3.47. The predicted molar refractivity (Wildman–Crippen MR) is 140 cm³/mol. The third-order valence-electron chi connectivity index (χ3n) is 5.43. The van der Waals surface area contributed by atoms with Crippen LogP contribution < -0.4 is 14.4 Å². The maximum absolute atomic E-state index is 13.5. The molecule has 0 aliphatic rings. The number of unbranched alkanes of at least 4 members (excludes halogenated alkanes) is 1. The molecule has 1 atom stereocenters.